The SMILES string of the molecule is C[C@H]1CCCC[C@H]1NC(=O)COC(=O)c1ccccc1S(=O)(=O)N(C)c1ccccc1. The first-order chi connectivity index (χ1) is 14.8. The molecule has 1 fully saturated rings. The average molecular weight is 445 g/mol. The predicted octanol–water partition coefficient (Wildman–Crippen LogP) is 3.36. The van der Waals surface area contributed by atoms with Gasteiger partial charge in [-0.25, -0.2) is 13.2 Å². The number of nitrogens with zero attached hydrogens (tertiary/aromatic N) is 1. The summed E-state index contributed by atoms with van der Waals surface area (Å²) in [5, 5.41) is 2.92. The summed E-state index contributed by atoms with van der Waals surface area (Å²) in [4.78, 5) is 24.7. The van der Waals surface area contributed by atoms with Crippen molar-refractivity contribution >= 4 is 27.6 Å². The van der Waals surface area contributed by atoms with E-state index in [1.165, 1.54) is 19.2 Å². The minimum atomic E-state index is -4.00. The maximum Gasteiger partial charge on any atom is 0.340 e. The minimum Gasteiger partial charge on any atom is -0.452 e. The van der Waals surface area contributed by atoms with Crippen LogP contribution in [0, 0.1) is 5.92 Å². The molecule has 8 heteroatoms. The molecule has 3 rings (SSSR count). The monoisotopic (exact) mass is 444 g/mol. The van der Waals surface area contributed by atoms with Gasteiger partial charge in [0.1, 0.15) is 4.90 Å². The van der Waals surface area contributed by atoms with Crippen molar-refractivity contribution in [2.45, 2.75) is 43.5 Å². The van der Waals surface area contributed by atoms with Crippen molar-refractivity contribution in [3.05, 3.63) is 60.2 Å². The van der Waals surface area contributed by atoms with Crippen LogP contribution >= 0.6 is 0 Å². The Kier molecular flexibility index (Phi) is 7.33. The smallest absolute Gasteiger partial charge is 0.340 e. The van der Waals surface area contributed by atoms with Crippen molar-refractivity contribution in [3.63, 3.8) is 0 Å². The van der Waals surface area contributed by atoms with Crippen LogP contribution in [0.4, 0.5) is 5.69 Å². The third-order valence-corrected chi connectivity index (χ3v) is 7.50. The van der Waals surface area contributed by atoms with Crippen LogP contribution in [0.15, 0.2) is 59.5 Å². The van der Waals surface area contributed by atoms with Gasteiger partial charge in [-0.3, -0.25) is 9.10 Å². The molecule has 0 saturated heterocycles. The number of nitrogens with one attached hydrogen (secondary N) is 1. The zero-order valence-electron chi connectivity index (χ0n) is 17.8. The van der Waals surface area contributed by atoms with Gasteiger partial charge in [-0.2, -0.15) is 0 Å². The van der Waals surface area contributed by atoms with Crippen LogP contribution in [-0.4, -0.2) is 40.0 Å². The maximum absolute atomic E-state index is 13.1. The lowest BCUT2D eigenvalue weighted by atomic mass is 9.86. The van der Waals surface area contributed by atoms with E-state index in [1.54, 1.807) is 42.5 Å². The van der Waals surface area contributed by atoms with E-state index >= 15 is 0 Å². The summed E-state index contributed by atoms with van der Waals surface area (Å²) >= 11 is 0. The molecule has 1 saturated carbocycles. The van der Waals surface area contributed by atoms with Crippen LogP contribution in [0.3, 0.4) is 0 Å². The number of sulfonamides is 1. The van der Waals surface area contributed by atoms with E-state index in [1.807, 2.05) is 0 Å². The molecule has 0 heterocycles. The molecule has 0 radical (unpaired) electrons. The van der Waals surface area contributed by atoms with Crippen molar-refractivity contribution in [3.8, 4) is 0 Å². The fourth-order valence-corrected chi connectivity index (χ4v) is 5.15. The highest BCUT2D eigenvalue weighted by molar-refractivity contribution is 7.92. The third-order valence-electron chi connectivity index (χ3n) is 5.66. The minimum absolute atomic E-state index is 0.0761. The van der Waals surface area contributed by atoms with Crippen LogP contribution in [0.1, 0.15) is 43.0 Å². The van der Waals surface area contributed by atoms with Crippen molar-refractivity contribution in [2.24, 2.45) is 5.92 Å². The molecule has 2 aromatic rings. The molecule has 166 valence electrons. The van der Waals surface area contributed by atoms with E-state index in [4.69, 9.17) is 4.74 Å². The number of anilines is 1. The highest BCUT2D eigenvalue weighted by Gasteiger charge is 2.28. The Balaban J connectivity index is 1.70. The summed E-state index contributed by atoms with van der Waals surface area (Å²) in [6.07, 6.45) is 4.19. The molecule has 0 unspecified atom stereocenters. The molecule has 0 bridgehead atoms. The predicted molar refractivity (Wildman–Crippen MR) is 118 cm³/mol. The van der Waals surface area contributed by atoms with Gasteiger partial charge in [0.25, 0.3) is 15.9 Å². The summed E-state index contributed by atoms with van der Waals surface area (Å²) in [7, 11) is -2.58. The second kappa shape index (κ2) is 9.96. The fraction of sp³-hybridized carbons (Fsp3) is 0.391. The average Bonchev–Trinajstić information content (AvgIpc) is 2.79. The van der Waals surface area contributed by atoms with Crippen molar-refractivity contribution in [1.82, 2.24) is 5.32 Å². The molecular weight excluding hydrogens is 416 g/mol. The maximum atomic E-state index is 13.1. The second-order valence-corrected chi connectivity index (χ2v) is 9.75. The molecule has 1 N–H and O–H groups in total. The van der Waals surface area contributed by atoms with Gasteiger partial charge in [0, 0.05) is 13.1 Å². The Morgan fingerprint density at radius 1 is 1.03 bits per heavy atom. The van der Waals surface area contributed by atoms with E-state index in [9.17, 15) is 18.0 Å². The molecule has 1 aliphatic rings. The van der Waals surface area contributed by atoms with Crippen LogP contribution in [0.5, 0.6) is 0 Å². The number of ether oxygens (including phenoxy) is 1. The molecular formula is C23H28N2O5S. The molecule has 2 aromatic carbocycles. The van der Waals surface area contributed by atoms with Gasteiger partial charge in [0.15, 0.2) is 6.61 Å². The van der Waals surface area contributed by atoms with E-state index in [-0.39, 0.29) is 22.4 Å². The van der Waals surface area contributed by atoms with Gasteiger partial charge < -0.3 is 10.1 Å². The first-order valence-electron chi connectivity index (χ1n) is 10.4. The molecule has 31 heavy (non-hydrogen) atoms. The lowest BCUT2D eigenvalue weighted by Crippen LogP contribution is -2.43. The number of para-hydroxylation sites is 1. The highest BCUT2D eigenvalue weighted by atomic mass is 32.2. The second-order valence-electron chi connectivity index (χ2n) is 7.82. The van der Waals surface area contributed by atoms with Gasteiger partial charge in [-0.15, -0.1) is 0 Å². The van der Waals surface area contributed by atoms with E-state index in [0.29, 0.717) is 11.6 Å². The zero-order chi connectivity index (χ0) is 22.4. The van der Waals surface area contributed by atoms with Crippen molar-refractivity contribution < 1.29 is 22.7 Å². The number of hydrogen-bond acceptors (Lipinski definition) is 5. The summed E-state index contributed by atoms with van der Waals surface area (Å²) in [5.41, 5.74) is 0.357. The number of carbonyl (C=O) groups is 2. The number of rotatable bonds is 7. The van der Waals surface area contributed by atoms with Crippen LogP contribution in [0.2, 0.25) is 0 Å². The first kappa shape index (κ1) is 22.8. The van der Waals surface area contributed by atoms with E-state index in [0.717, 1.165) is 30.0 Å². The van der Waals surface area contributed by atoms with E-state index in [2.05, 4.69) is 12.2 Å². The first-order valence-corrected chi connectivity index (χ1v) is 11.8. The van der Waals surface area contributed by atoms with Crippen LogP contribution in [-0.2, 0) is 19.6 Å². The van der Waals surface area contributed by atoms with Gasteiger partial charge in [0.2, 0.25) is 0 Å². The Labute approximate surface area is 183 Å². The number of esters is 1. The number of benzene rings is 2. The normalized spacial score (nSPS) is 18.8. The molecule has 1 aliphatic carbocycles. The third kappa shape index (κ3) is 5.44. The fourth-order valence-electron chi connectivity index (χ4n) is 3.77. The molecule has 7 nitrogen and oxygen atoms in total. The zero-order valence-corrected chi connectivity index (χ0v) is 18.6. The quantitative estimate of drug-likeness (QED) is 0.661. The number of hydrogen-bond donors (Lipinski definition) is 1. The summed E-state index contributed by atoms with van der Waals surface area (Å²) < 4.78 is 32.5. The summed E-state index contributed by atoms with van der Waals surface area (Å²) in [6, 6.07) is 14.5. The lowest BCUT2D eigenvalue weighted by Gasteiger charge is -2.29. The Morgan fingerprint density at radius 3 is 2.39 bits per heavy atom. The standard InChI is InChI=1S/C23H28N2O5S/c1-17-10-6-8-14-20(17)24-22(26)16-30-23(27)19-13-7-9-15-21(19)31(28,29)25(2)18-11-4-3-5-12-18/h3-5,7,9,11-13,15,17,20H,6,8,10,14,16H2,1-2H3,(H,24,26)/t17-,20+/m0/s1. The lowest BCUT2D eigenvalue weighted by molar-refractivity contribution is -0.125. The molecule has 0 aliphatic heterocycles. The number of carbonyl (C=O) groups excluding carboxylic acids is 2. The Morgan fingerprint density at radius 2 is 1.68 bits per heavy atom. The van der Waals surface area contributed by atoms with E-state index < -0.39 is 22.6 Å². The Bertz CT molecular complexity index is 1020. The summed E-state index contributed by atoms with van der Waals surface area (Å²) in [6.45, 7) is 1.64. The van der Waals surface area contributed by atoms with Crippen molar-refractivity contribution in [2.75, 3.05) is 18.0 Å². The Hall–Kier alpha value is -2.87. The van der Waals surface area contributed by atoms with Gasteiger partial charge in [0.05, 0.1) is 11.3 Å². The van der Waals surface area contributed by atoms with Gasteiger partial charge in [-0.1, -0.05) is 50.1 Å². The molecule has 0 aromatic heterocycles. The van der Waals surface area contributed by atoms with Gasteiger partial charge >= 0.3 is 5.97 Å². The molecule has 2 atom stereocenters. The highest BCUT2D eigenvalue weighted by Crippen LogP contribution is 2.25. The largest absolute Gasteiger partial charge is 0.452 e. The van der Waals surface area contributed by atoms with Crippen LogP contribution < -0.4 is 9.62 Å². The molecule has 1 amide bonds. The topological polar surface area (TPSA) is 92.8 Å². The molecule has 0 spiro atoms. The van der Waals surface area contributed by atoms with Crippen molar-refractivity contribution in [1.29, 1.82) is 0 Å². The number of amides is 1. The van der Waals surface area contributed by atoms with Gasteiger partial charge in [-0.05, 0) is 43.0 Å². The van der Waals surface area contributed by atoms with Crippen LogP contribution in [0.25, 0.3) is 0 Å². The summed E-state index contributed by atoms with van der Waals surface area (Å²) in [5.74, 6) is -0.853.